The summed E-state index contributed by atoms with van der Waals surface area (Å²) in [5.41, 5.74) is 1.15. The Balaban J connectivity index is 1.93. The van der Waals surface area contributed by atoms with Crippen molar-refractivity contribution < 1.29 is 9.18 Å². The van der Waals surface area contributed by atoms with E-state index in [4.69, 9.17) is 11.6 Å². The highest BCUT2D eigenvalue weighted by atomic mass is 35.5. The normalized spacial score (nSPS) is 11.9. The quantitative estimate of drug-likeness (QED) is 0.943. The number of nitrogens with zero attached hydrogens (tertiary/aromatic N) is 2. The lowest BCUT2D eigenvalue weighted by molar-refractivity contribution is 0.0934. The van der Waals surface area contributed by atoms with Crippen molar-refractivity contribution >= 4 is 17.5 Å². The van der Waals surface area contributed by atoms with Gasteiger partial charge in [-0.3, -0.25) is 4.79 Å². The first-order valence-electron chi connectivity index (χ1n) is 6.09. The minimum Gasteiger partial charge on any atom is -0.348 e. The van der Waals surface area contributed by atoms with E-state index in [0.717, 1.165) is 5.56 Å². The minimum atomic E-state index is -0.316. The van der Waals surface area contributed by atoms with Crippen LogP contribution in [-0.2, 0) is 6.42 Å². The summed E-state index contributed by atoms with van der Waals surface area (Å²) in [6.45, 7) is 1.87. The van der Waals surface area contributed by atoms with E-state index in [1.807, 2.05) is 6.92 Å². The molecule has 4 nitrogen and oxygen atoms in total. The molecule has 0 aliphatic carbocycles. The van der Waals surface area contributed by atoms with Gasteiger partial charge in [-0.05, 0) is 43.2 Å². The summed E-state index contributed by atoms with van der Waals surface area (Å²) in [6.07, 6.45) is 0.604. The van der Waals surface area contributed by atoms with Crippen molar-refractivity contribution in [1.82, 2.24) is 15.5 Å². The molecule has 1 atom stereocenters. The molecule has 0 aliphatic heterocycles. The maximum atomic E-state index is 12.8. The fourth-order valence-corrected chi connectivity index (χ4v) is 1.86. The first-order chi connectivity index (χ1) is 9.54. The van der Waals surface area contributed by atoms with Crippen LogP contribution in [-0.4, -0.2) is 22.1 Å². The molecule has 1 heterocycles. The number of carbonyl (C=O) groups is 1. The van der Waals surface area contributed by atoms with Gasteiger partial charge in [0.15, 0.2) is 10.8 Å². The molecule has 1 amide bonds. The topological polar surface area (TPSA) is 54.9 Å². The molecule has 0 bridgehead atoms. The first-order valence-corrected chi connectivity index (χ1v) is 6.47. The Bertz CT molecular complexity index is 586. The third-order valence-electron chi connectivity index (χ3n) is 2.70. The van der Waals surface area contributed by atoms with Crippen molar-refractivity contribution in [3.05, 3.63) is 58.6 Å². The molecule has 0 aliphatic rings. The number of hydrogen-bond acceptors (Lipinski definition) is 3. The monoisotopic (exact) mass is 293 g/mol. The second-order valence-corrected chi connectivity index (χ2v) is 4.83. The molecule has 6 heteroatoms. The maximum absolute atomic E-state index is 12.8. The molecule has 0 fully saturated rings. The molecule has 1 unspecified atom stereocenters. The molecule has 1 N–H and O–H groups in total. The lowest BCUT2D eigenvalue weighted by atomic mass is 10.1. The number of nitrogens with one attached hydrogen (secondary N) is 1. The zero-order chi connectivity index (χ0) is 14.5. The van der Waals surface area contributed by atoms with Gasteiger partial charge < -0.3 is 5.32 Å². The summed E-state index contributed by atoms with van der Waals surface area (Å²) in [6, 6.07) is 9.09. The summed E-state index contributed by atoms with van der Waals surface area (Å²) in [5, 5.41) is 10.4. The number of rotatable bonds is 4. The Kier molecular flexibility index (Phi) is 4.63. The summed E-state index contributed by atoms with van der Waals surface area (Å²) in [7, 11) is 0. The number of amides is 1. The highest BCUT2D eigenvalue weighted by Crippen LogP contribution is 2.07. The molecule has 1 aromatic carbocycles. The van der Waals surface area contributed by atoms with Crippen LogP contribution in [0.2, 0.25) is 5.15 Å². The van der Waals surface area contributed by atoms with Gasteiger partial charge in [-0.2, -0.15) is 0 Å². The Morgan fingerprint density at radius 3 is 2.55 bits per heavy atom. The van der Waals surface area contributed by atoms with Crippen LogP contribution in [0.1, 0.15) is 23.0 Å². The minimum absolute atomic E-state index is 0.106. The highest BCUT2D eigenvalue weighted by Gasteiger charge is 2.12. The van der Waals surface area contributed by atoms with Gasteiger partial charge in [0.1, 0.15) is 5.82 Å². The zero-order valence-electron chi connectivity index (χ0n) is 10.8. The van der Waals surface area contributed by atoms with Gasteiger partial charge in [0.25, 0.3) is 5.91 Å². The molecule has 0 radical (unpaired) electrons. The molecular weight excluding hydrogens is 281 g/mol. The second kappa shape index (κ2) is 6.43. The molecule has 0 saturated carbocycles. The van der Waals surface area contributed by atoms with E-state index in [9.17, 15) is 9.18 Å². The van der Waals surface area contributed by atoms with Crippen LogP contribution in [0.15, 0.2) is 36.4 Å². The average Bonchev–Trinajstić information content (AvgIpc) is 2.42. The molecule has 0 saturated heterocycles. The van der Waals surface area contributed by atoms with Crippen LogP contribution < -0.4 is 5.32 Å². The number of aromatic nitrogens is 2. The van der Waals surface area contributed by atoms with Gasteiger partial charge in [-0.15, -0.1) is 10.2 Å². The van der Waals surface area contributed by atoms with Gasteiger partial charge in [0.2, 0.25) is 0 Å². The average molecular weight is 294 g/mol. The van der Waals surface area contributed by atoms with Gasteiger partial charge in [0, 0.05) is 6.04 Å². The maximum Gasteiger partial charge on any atom is 0.272 e. The summed E-state index contributed by atoms with van der Waals surface area (Å²) in [4.78, 5) is 11.9. The second-order valence-electron chi connectivity index (χ2n) is 4.45. The molecule has 20 heavy (non-hydrogen) atoms. The van der Waals surface area contributed by atoms with Crippen LogP contribution in [0.5, 0.6) is 0 Å². The molecule has 2 rings (SSSR count). The SMILES string of the molecule is CC(Cc1ccc(F)cc1)NC(=O)c1ccc(Cl)nn1. The lowest BCUT2D eigenvalue weighted by Gasteiger charge is -2.13. The van der Waals surface area contributed by atoms with Crippen LogP contribution in [0.25, 0.3) is 0 Å². The fourth-order valence-electron chi connectivity index (χ4n) is 1.76. The van der Waals surface area contributed by atoms with E-state index >= 15 is 0 Å². The van der Waals surface area contributed by atoms with Crippen molar-refractivity contribution in [2.75, 3.05) is 0 Å². The van der Waals surface area contributed by atoms with E-state index in [2.05, 4.69) is 15.5 Å². The number of hydrogen-bond donors (Lipinski definition) is 1. The van der Waals surface area contributed by atoms with Crippen molar-refractivity contribution in [3.8, 4) is 0 Å². The van der Waals surface area contributed by atoms with E-state index in [1.54, 1.807) is 12.1 Å². The van der Waals surface area contributed by atoms with Gasteiger partial charge >= 0.3 is 0 Å². The van der Waals surface area contributed by atoms with Gasteiger partial charge in [-0.25, -0.2) is 4.39 Å². The third kappa shape index (κ3) is 3.99. The van der Waals surface area contributed by atoms with Crippen molar-refractivity contribution in [2.24, 2.45) is 0 Å². The van der Waals surface area contributed by atoms with Gasteiger partial charge in [-0.1, -0.05) is 23.7 Å². The molecule has 2 aromatic rings. The van der Waals surface area contributed by atoms with E-state index in [0.29, 0.717) is 6.42 Å². The summed E-state index contributed by atoms with van der Waals surface area (Å²) < 4.78 is 12.8. The van der Waals surface area contributed by atoms with Crippen LogP contribution >= 0.6 is 11.6 Å². The Morgan fingerprint density at radius 1 is 1.25 bits per heavy atom. The molecule has 104 valence electrons. The van der Waals surface area contributed by atoms with Crippen molar-refractivity contribution in [2.45, 2.75) is 19.4 Å². The highest BCUT2D eigenvalue weighted by molar-refractivity contribution is 6.29. The fraction of sp³-hybridized carbons (Fsp3) is 0.214. The molecule has 1 aromatic heterocycles. The summed E-state index contributed by atoms with van der Waals surface area (Å²) in [5.74, 6) is -0.592. The summed E-state index contributed by atoms with van der Waals surface area (Å²) >= 11 is 5.61. The Morgan fingerprint density at radius 2 is 1.95 bits per heavy atom. The van der Waals surface area contributed by atoms with Crippen molar-refractivity contribution in [3.63, 3.8) is 0 Å². The zero-order valence-corrected chi connectivity index (χ0v) is 11.6. The van der Waals surface area contributed by atoms with Crippen LogP contribution in [0, 0.1) is 5.82 Å². The first kappa shape index (κ1) is 14.4. The van der Waals surface area contributed by atoms with Gasteiger partial charge in [0.05, 0.1) is 0 Å². The Hall–Kier alpha value is -2.01. The van der Waals surface area contributed by atoms with E-state index in [-0.39, 0.29) is 28.6 Å². The Labute approximate surface area is 121 Å². The number of benzene rings is 1. The third-order valence-corrected chi connectivity index (χ3v) is 2.90. The smallest absolute Gasteiger partial charge is 0.272 e. The van der Waals surface area contributed by atoms with Crippen LogP contribution in [0.3, 0.4) is 0 Å². The predicted molar refractivity (Wildman–Crippen MR) is 74.1 cm³/mol. The largest absolute Gasteiger partial charge is 0.348 e. The number of carbonyl (C=O) groups excluding carboxylic acids is 1. The van der Waals surface area contributed by atoms with Crippen molar-refractivity contribution in [1.29, 1.82) is 0 Å². The van der Waals surface area contributed by atoms with E-state index < -0.39 is 0 Å². The van der Waals surface area contributed by atoms with Crippen LogP contribution in [0.4, 0.5) is 4.39 Å². The molecular formula is C14H13ClFN3O. The van der Waals surface area contributed by atoms with E-state index in [1.165, 1.54) is 24.3 Å². The number of halogens is 2. The standard InChI is InChI=1S/C14H13ClFN3O/c1-9(8-10-2-4-11(16)5-3-10)17-14(20)12-6-7-13(15)19-18-12/h2-7,9H,8H2,1H3,(H,17,20). The lowest BCUT2D eigenvalue weighted by Crippen LogP contribution is -2.34. The predicted octanol–water partition coefficient (Wildman–Crippen LogP) is 2.63. The molecule has 0 spiro atoms.